The average Bonchev–Trinajstić information content (AvgIpc) is 2.37. The fourth-order valence-electron chi connectivity index (χ4n) is 2.06. The first-order chi connectivity index (χ1) is 8.96. The van der Waals surface area contributed by atoms with Crippen molar-refractivity contribution in [3.63, 3.8) is 0 Å². The molecule has 0 aliphatic rings. The molecule has 0 aliphatic carbocycles. The quantitative estimate of drug-likeness (QED) is 0.904. The Hall–Kier alpha value is -2.02. The highest BCUT2D eigenvalue weighted by atomic mass is 16.5. The lowest BCUT2D eigenvalue weighted by Gasteiger charge is -2.17. The first-order valence-corrected chi connectivity index (χ1v) is 6.31. The summed E-state index contributed by atoms with van der Waals surface area (Å²) in [7, 11) is 1.63. The Bertz CT molecular complexity index is 530. The van der Waals surface area contributed by atoms with E-state index in [9.17, 15) is 4.79 Å². The molecule has 4 nitrogen and oxygen atoms in total. The van der Waals surface area contributed by atoms with Gasteiger partial charge in [0, 0.05) is 5.69 Å². The van der Waals surface area contributed by atoms with Crippen molar-refractivity contribution in [1.82, 2.24) is 0 Å². The fraction of sp³-hybridized carbons (Fsp3) is 0.467. The number of nitriles is 1. The Kier molecular flexibility index (Phi) is 4.94. The van der Waals surface area contributed by atoms with Gasteiger partial charge in [0.15, 0.2) is 0 Å². The molecular formula is C15H20N2O2. The van der Waals surface area contributed by atoms with Crippen LogP contribution in [0.15, 0.2) is 6.07 Å². The Labute approximate surface area is 114 Å². The SMILES string of the molecule is CCC(C#N)C(=O)Nc1cc(C)c(OC)c(C)c1C. The third-order valence-corrected chi connectivity index (χ3v) is 3.37. The lowest BCUT2D eigenvalue weighted by molar-refractivity contribution is -0.118. The second-order valence-electron chi connectivity index (χ2n) is 4.60. The van der Waals surface area contributed by atoms with Gasteiger partial charge in [-0.05, 0) is 49.9 Å². The standard InChI is InChI=1S/C15H20N2O2/c1-6-12(8-16)15(18)17-13-7-9(2)14(19-5)11(4)10(13)3/h7,12H,6H2,1-5H3,(H,17,18). The Morgan fingerprint density at radius 3 is 2.53 bits per heavy atom. The smallest absolute Gasteiger partial charge is 0.241 e. The van der Waals surface area contributed by atoms with Crippen LogP contribution in [0.5, 0.6) is 5.75 Å². The number of carbonyl (C=O) groups is 1. The zero-order chi connectivity index (χ0) is 14.6. The van der Waals surface area contributed by atoms with E-state index in [1.807, 2.05) is 39.8 Å². The van der Waals surface area contributed by atoms with E-state index in [4.69, 9.17) is 10.00 Å². The van der Waals surface area contributed by atoms with E-state index in [1.165, 1.54) is 0 Å². The molecule has 19 heavy (non-hydrogen) atoms. The number of nitrogens with one attached hydrogen (secondary N) is 1. The average molecular weight is 260 g/mol. The predicted molar refractivity (Wildman–Crippen MR) is 75.2 cm³/mol. The molecule has 0 spiro atoms. The van der Waals surface area contributed by atoms with E-state index >= 15 is 0 Å². The zero-order valence-corrected chi connectivity index (χ0v) is 12.1. The zero-order valence-electron chi connectivity index (χ0n) is 12.1. The lowest BCUT2D eigenvalue weighted by atomic mass is 10.0. The lowest BCUT2D eigenvalue weighted by Crippen LogP contribution is -2.21. The van der Waals surface area contributed by atoms with Crippen molar-refractivity contribution < 1.29 is 9.53 Å². The summed E-state index contributed by atoms with van der Waals surface area (Å²) in [5, 5.41) is 11.7. The molecule has 1 N–H and O–H groups in total. The third-order valence-electron chi connectivity index (χ3n) is 3.37. The molecule has 1 unspecified atom stereocenters. The van der Waals surface area contributed by atoms with Gasteiger partial charge < -0.3 is 10.1 Å². The molecule has 0 fully saturated rings. The molecule has 0 radical (unpaired) electrons. The topological polar surface area (TPSA) is 62.1 Å². The molecule has 0 aliphatic heterocycles. The molecule has 0 heterocycles. The first kappa shape index (κ1) is 15.0. The predicted octanol–water partition coefficient (Wildman–Crippen LogP) is 3.11. The van der Waals surface area contributed by atoms with Crippen LogP contribution in [0, 0.1) is 38.0 Å². The van der Waals surface area contributed by atoms with E-state index in [1.54, 1.807) is 7.11 Å². The van der Waals surface area contributed by atoms with E-state index in [0.29, 0.717) is 6.42 Å². The van der Waals surface area contributed by atoms with Crippen molar-refractivity contribution in [2.24, 2.45) is 5.92 Å². The van der Waals surface area contributed by atoms with E-state index in [2.05, 4.69) is 5.32 Å². The monoisotopic (exact) mass is 260 g/mol. The van der Waals surface area contributed by atoms with Crippen LogP contribution in [-0.2, 0) is 4.79 Å². The summed E-state index contributed by atoms with van der Waals surface area (Å²) in [5.74, 6) is -0.0259. The van der Waals surface area contributed by atoms with Gasteiger partial charge >= 0.3 is 0 Å². The largest absolute Gasteiger partial charge is 0.496 e. The number of hydrogen-bond acceptors (Lipinski definition) is 3. The van der Waals surface area contributed by atoms with Crippen molar-refractivity contribution in [3.05, 3.63) is 22.8 Å². The summed E-state index contributed by atoms with van der Waals surface area (Å²) in [6.45, 7) is 7.64. The first-order valence-electron chi connectivity index (χ1n) is 6.31. The molecule has 1 amide bonds. The minimum absolute atomic E-state index is 0.253. The maximum Gasteiger partial charge on any atom is 0.241 e. The van der Waals surface area contributed by atoms with Crippen LogP contribution in [0.25, 0.3) is 0 Å². The number of nitrogens with zero attached hydrogens (tertiary/aromatic N) is 1. The van der Waals surface area contributed by atoms with Gasteiger partial charge in [0.1, 0.15) is 11.7 Å². The molecule has 1 aromatic rings. The normalized spacial score (nSPS) is 11.6. The van der Waals surface area contributed by atoms with Gasteiger partial charge in [-0.25, -0.2) is 0 Å². The molecular weight excluding hydrogens is 240 g/mol. The molecule has 4 heteroatoms. The van der Waals surface area contributed by atoms with Crippen molar-refractivity contribution in [2.45, 2.75) is 34.1 Å². The van der Waals surface area contributed by atoms with Gasteiger partial charge in [-0.1, -0.05) is 6.92 Å². The Morgan fingerprint density at radius 2 is 2.05 bits per heavy atom. The highest BCUT2D eigenvalue weighted by molar-refractivity contribution is 5.95. The van der Waals surface area contributed by atoms with Gasteiger partial charge in [-0.2, -0.15) is 5.26 Å². The van der Waals surface area contributed by atoms with Crippen molar-refractivity contribution >= 4 is 11.6 Å². The van der Waals surface area contributed by atoms with Gasteiger partial charge in [0.2, 0.25) is 5.91 Å². The molecule has 0 bridgehead atoms. The number of carbonyl (C=O) groups excluding carboxylic acids is 1. The van der Waals surface area contributed by atoms with Gasteiger partial charge in [0.05, 0.1) is 13.2 Å². The Balaban J connectivity index is 3.11. The fourth-order valence-corrected chi connectivity index (χ4v) is 2.06. The number of ether oxygens (including phenoxy) is 1. The van der Waals surface area contributed by atoms with Crippen molar-refractivity contribution in [2.75, 3.05) is 12.4 Å². The van der Waals surface area contributed by atoms with Crippen LogP contribution in [0.2, 0.25) is 0 Å². The maximum absolute atomic E-state index is 11.9. The number of amides is 1. The molecule has 1 rings (SSSR count). The number of benzene rings is 1. The minimum Gasteiger partial charge on any atom is -0.496 e. The van der Waals surface area contributed by atoms with Crippen LogP contribution in [-0.4, -0.2) is 13.0 Å². The summed E-state index contributed by atoms with van der Waals surface area (Å²) in [6.07, 6.45) is 0.509. The second kappa shape index (κ2) is 6.24. The van der Waals surface area contributed by atoms with Gasteiger partial charge in [0.25, 0.3) is 0 Å². The molecule has 0 saturated heterocycles. The number of rotatable bonds is 4. The van der Waals surface area contributed by atoms with Gasteiger partial charge in [-0.3, -0.25) is 4.79 Å². The second-order valence-corrected chi connectivity index (χ2v) is 4.60. The number of hydrogen-bond donors (Lipinski definition) is 1. The van der Waals surface area contributed by atoms with Crippen molar-refractivity contribution in [1.29, 1.82) is 5.26 Å². The molecule has 102 valence electrons. The van der Waals surface area contributed by atoms with E-state index in [-0.39, 0.29) is 5.91 Å². The van der Waals surface area contributed by atoms with Crippen molar-refractivity contribution in [3.8, 4) is 11.8 Å². The summed E-state index contributed by atoms with van der Waals surface area (Å²) in [5.41, 5.74) is 3.67. The van der Waals surface area contributed by atoms with Crippen LogP contribution in [0.4, 0.5) is 5.69 Å². The number of aryl methyl sites for hydroxylation is 1. The molecule has 1 aromatic carbocycles. The minimum atomic E-state index is -0.609. The van der Waals surface area contributed by atoms with Crippen LogP contribution < -0.4 is 10.1 Å². The number of anilines is 1. The van der Waals surface area contributed by atoms with Crippen LogP contribution >= 0.6 is 0 Å². The summed E-state index contributed by atoms with van der Waals surface area (Å²) in [6, 6.07) is 3.88. The maximum atomic E-state index is 11.9. The van der Waals surface area contributed by atoms with E-state index in [0.717, 1.165) is 28.1 Å². The van der Waals surface area contributed by atoms with E-state index < -0.39 is 5.92 Å². The summed E-state index contributed by atoms with van der Waals surface area (Å²) in [4.78, 5) is 11.9. The van der Waals surface area contributed by atoms with Crippen LogP contribution in [0.1, 0.15) is 30.0 Å². The molecule has 0 saturated carbocycles. The summed E-state index contributed by atoms with van der Waals surface area (Å²) < 4.78 is 5.34. The number of methoxy groups -OCH3 is 1. The molecule has 0 aromatic heterocycles. The third kappa shape index (κ3) is 3.05. The molecule has 1 atom stereocenters. The van der Waals surface area contributed by atoms with Crippen LogP contribution in [0.3, 0.4) is 0 Å². The Morgan fingerprint density at radius 1 is 1.42 bits per heavy atom. The summed E-state index contributed by atoms with van der Waals surface area (Å²) >= 11 is 0. The highest BCUT2D eigenvalue weighted by Gasteiger charge is 2.18. The highest BCUT2D eigenvalue weighted by Crippen LogP contribution is 2.31. The van der Waals surface area contributed by atoms with Gasteiger partial charge in [-0.15, -0.1) is 0 Å².